The van der Waals surface area contributed by atoms with Crippen molar-refractivity contribution >= 4 is 11.9 Å². The molecule has 1 fully saturated rings. The third kappa shape index (κ3) is 3.08. The lowest BCUT2D eigenvalue weighted by Crippen LogP contribution is -2.48. The number of hydrogen-bond donors (Lipinski definition) is 1. The first-order valence-electron chi connectivity index (χ1n) is 5.88. The van der Waals surface area contributed by atoms with Crippen molar-refractivity contribution in [3.8, 4) is 0 Å². The molecule has 1 aromatic carbocycles. The fourth-order valence-corrected chi connectivity index (χ4v) is 2.03. The van der Waals surface area contributed by atoms with Crippen LogP contribution in [0.25, 0.3) is 0 Å². The molecule has 1 amide bonds. The molecule has 1 aliphatic rings. The fraction of sp³-hybridized carbons (Fsp3) is 0.385. The van der Waals surface area contributed by atoms with E-state index in [1.54, 1.807) is 13.0 Å². The van der Waals surface area contributed by atoms with Crippen LogP contribution in [0, 0.1) is 12.7 Å². The van der Waals surface area contributed by atoms with Gasteiger partial charge >= 0.3 is 5.97 Å². The highest BCUT2D eigenvalue weighted by molar-refractivity contribution is 5.94. The van der Waals surface area contributed by atoms with E-state index in [1.165, 1.54) is 11.0 Å². The normalized spacial score (nSPS) is 19.3. The van der Waals surface area contributed by atoms with Crippen molar-refractivity contribution in [1.29, 1.82) is 0 Å². The Hall–Kier alpha value is -1.95. The van der Waals surface area contributed by atoms with Crippen LogP contribution in [0.15, 0.2) is 18.2 Å². The zero-order valence-corrected chi connectivity index (χ0v) is 10.4. The van der Waals surface area contributed by atoms with Crippen LogP contribution in [0.4, 0.5) is 4.39 Å². The summed E-state index contributed by atoms with van der Waals surface area (Å²) in [5.74, 6) is -1.96. The minimum atomic E-state index is -1.10. The summed E-state index contributed by atoms with van der Waals surface area (Å²) in [6.07, 6.45) is -1.02. The predicted molar refractivity (Wildman–Crippen MR) is 64.4 cm³/mol. The van der Waals surface area contributed by atoms with Gasteiger partial charge in [-0.3, -0.25) is 4.79 Å². The van der Waals surface area contributed by atoms with Crippen molar-refractivity contribution in [1.82, 2.24) is 4.90 Å². The molecule has 6 heteroatoms. The molecule has 2 rings (SSSR count). The smallest absolute Gasteiger partial charge is 0.334 e. The second-order valence-electron chi connectivity index (χ2n) is 4.47. The van der Waals surface area contributed by atoms with E-state index in [0.717, 1.165) is 6.07 Å². The van der Waals surface area contributed by atoms with Crippen LogP contribution in [0.5, 0.6) is 0 Å². The van der Waals surface area contributed by atoms with Crippen LogP contribution in [0.2, 0.25) is 0 Å². The summed E-state index contributed by atoms with van der Waals surface area (Å²) >= 11 is 0. The third-order valence-electron chi connectivity index (χ3n) is 2.92. The Morgan fingerprint density at radius 3 is 2.79 bits per heavy atom. The number of carbonyl (C=O) groups excluding carboxylic acids is 1. The van der Waals surface area contributed by atoms with E-state index in [9.17, 15) is 14.0 Å². The zero-order chi connectivity index (χ0) is 14.0. The molecule has 0 saturated carbocycles. The van der Waals surface area contributed by atoms with Crippen LogP contribution >= 0.6 is 0 Å². The Balaban J connectivity index is 2.16. The topological polar surface area (TPSA) is 66.8 Å². The maximum Gasteiger partial charge on any atom is 0.334 e. The molecule has 0 aromatic heterocycles. The molecule has 0 bridgehead atoms. The summed E-state index contributed by atoms with van der Waals surface area (Å²) in [7, 11) is 0. The van der Waals surface area contributed by atoms with E-state index >= 15 is 0 Å². The van der Waals surface area contributed by atoms with Crippen LogP contribution < -0.4 is 0 Å². The molecule has 1 aliphatic heterocycles. The second kappa shape index (κ2) is 5.36. The van der Waals surface area contributed by atoms with E-state index in [0.29, 0.717) is 12.1 Å². The lowest BCUT2D eigenvalue weighted by molar-refractivity contribution is -0.154. The van der Waals surface area contributed by atoms with Gasteiger partial charge in [0.2, 0.25) is 0 Å². The highest BCUT2D eigenvalue weighted by atomic mass is 19.1. The number of carboxylic acid groups (broad SMARTS) is 1. The second-order valence-corrected chi connectivity index (χ2v) is 4.47. The highest BCUT2D eigenvalue weighted by Gasteiger charge is 2.29. The lowest BCUT2D eigenvalue weighted by atomic mass is 10.1. The molecule has 1 atom stereocenters. The first-order chi connectivity index (χ1) is 8.97. The van der Waals surface area contributed by atoms with Gasteiger partial charge in [-0.1, -0.05) is 0 Å². The van der Waals surface area contributed by atoms with E-state index < -0.39 is 17.9 Å². The molecule has 0 aliphatic carbocycles. The Morgan fingerprint density at radius 2 is 2.16 bits per heavy atom. The number of aliphatic carboxylic acids is 1. The van der Waals surface area contributed by atoms with Gasteiger partial charge in [-0.05, 0) is 30.7 Å². The van der Waals surface area contributed by atoms with Gasteiger partial charge in [0, 0.05) is 12.1 Å². The van der Waals surface area contributed by atoms with Gasteiger partial charge in [-0.25, -0.2) is 9.18 Å². The molecule has 1 aromatic rings. The number of hydrogen-bond acceptors (Lipinski definition) is 3. The minimum absolute atomic E-state index is 0.0241. The number of carboxylic acids is 1. The van der Waals surface area contributed by atoms with Gasteiger partial charge in [0.1, 0.15) is 5.82 Å². The average molecular weight is 267 g/mol. The first-order valence-corrected chi connectivity index (χ1v) is 5.88. The van der Waals surface area contributed by atoms with Crippen molar-refractivity contribution in [2.24, 2.45) is 0 Å². The average Bonchev–Trinajstić information content (AvgIpc) is 2.37. The number of morpholine rings is 1. The third-order valence-corrected chi connectivity index (χ3v) is 2.92. The number of amides is 1. The summed E-state index contributed by atoms with van der Waals surface area (Å²) < 4.78 is 18.3. The molecule has 102 valence electrons. The van der Waals surface area contributed by atoms with E-state index in [-0.39, 0.29) is 24.6 Å². The quantitative estimate of drug-likeness (QED) is 0.870. The van der Waals surface area contributed by atoms with E-state index in [4.69, 9.17) is 9.84 Å². The summed E-state index contributed by atoms with van der Waals surface area (Å²) in [6.45, 7) is 2.14. The van der Waals surface area contributed by atoms with Crippen molar-refractivity contribution in [3.63, 3.8) is 0 Å². The molecule has 1 unspecified atom stereocenters. The maximum atomic E-state index is 13.3. The van der Waals surface area contributed by atoms with Crippen molar-refractivity contribution in [2.75, 3.05) is 19.7 Å². The molecular formula is C13H14FNO4. The summed E-state index contributed by atoms with van der Waals surface area (Å²) in [4.78, 5) is 24.4. The van der Waals surface area contributed by atoms with Gasteiger partial charge in [0.15, 0.2) is 6.10 Å². The Kier molecular flexibility index (Phi) is 3.80. The van der Waals surface area contributed by atoms with Gasteiger partial charge in [-0.15, -0.1) is 0 Å². The molecule has 1 N–H and O–H groups in total. The van der Waals surface area contributed by atoms with Gasteiger partial charge < -0.3 is 14.7 Å². The monoisotopic (exact) mass is 267 g/mol. The first kappa shape index (κ1) is 13.5. The lowest BCUT2D eigenvalue weighted by Gasteiger charge is -2.31. The van der Waals surface area contributed by atoms with E-state index in [2.05, 4.69) is 0 Å². The van der Waals surface area contributed by atoms with Crippen molar-refractivity contribution in [2.45, 2.75) is 13.0 Å². The standard InChI is InChI=1S/C13H14FNO4/c1-8-4-9(6-10(14)5-8)12(16)15-2-3-19-11(7-15)13(17)18/h4-6,11H,2-3,7H2,1H3,(H,17,18). The number of carbonyl (C=O) groups is 2. The molecule has 0 radical (unpaired) electrons. The van der Waals surface area contributed by atoms with Crippen LogP contribution in [-0.4, -0.2) is 47.7 Å². The molecule has 0 spiro atoms. The fourth-order valence-electron chi connectivity index (χ4n) is 2.03. The number of ether oxygens (including phenoxy) is 1. The molecule has 5 nitrogen and oxygen atoms in total. The number of benzene rings is 1. The molecular weight excluding hydrogens is 253 g/mol. The zero-order valence-electron chi connectivity index (χ0n) is 10.4. The Morgan fingerprint density at radius 1 is 1.42 bits per heavy atom. The van der Waals surface area contributed by atoms with Gasteiger partial charge in [0.05, 0.1) is 13.2 Å². The van der Waals surface area contributed by atoms with E-state index in [1.807, 2.05) is 0 Å². The number of aryl methyl sites for hydroxylation is 1. The SMILES string of the molecule is Cc1cc(F)cc(C(=O)N2CCOC(C(=O)O)C2)c1. The summed E-state index contributed by atoms with van der Waals surface area (Å²) in [5.41, 5.74) is 0.870. The highest BCUT2D eigenvalue weighted by Crippen LogP contribution is 2.14. The molecule has 1 saturated heterocycles. The van der Waals surface area contributed by atoms with Crippen molar-refractivity contribution in [3.05, 3.63) is 35.1 Å². The number of nitrogens with zero attached hydrogens (tertiary/aromatic N) is 1. The van der Waals surface area contributed by atoms with Crippen LogP contribution in [0.3, 0.4) is 0 Å². The summed E-state index contributed by atoms with van der Waals surface area (Å²) in [6, 6.07) is 4.06. The largest absolute Gasteiger partial charge is 0.479 e. The number of halogens is 1. The molecule has 1 heterocycles. The van der Waals surface area contributed by atoms with Crippen LogP contribution in [-0.2, 0) is 9.53 Å². The van der Waals surface area contributed by atoms with Gasteiger partial charge in [-0.2, -0.15) is 0 Å². The number of rotatable bonds is 2. The molecule has 19 heavy (non-hydrogen) atoms. The van der Waals surface area contributed by atoms with Gasteiger partial charge in [0.25, 0.3) is 5.91 Å². The van der Waals surface area contributed by atoms with Crippen LogP contribution in [0.1, 0.15) is 15.9 Å². The van der Waals surface area contributed by atoms with Crippen molar-refractivity contribution < 1.29 is 23.8 Å². The maximum absolute atomic E-state index is 13.3. The predicted octanol–water partition coefficient (Wildman–Crippen LogP) is 1.06. The summed E-state index contributed by atoms with van der Waals surface area (Å²) in [5, 5.41) is 8.87. The Labute approximate surface area is 109 Å². The minimum Gasteiger partial charge on any atom is -0.479 e. The Bertz CT molecular complexity index is 497.